The summed E-state index contributed by atoms with van der Waals surface area (Å²) >= 11 is 15.2. The summed E-state index contributed by atoms with van der Waals surface area (Å²) in [5.74, 6) is 5.38. The maximum absolute atomic E-state index is 12.6. The van der Waals surface area contributed by atoms with E-state index in [1.54, 1.807) is 0 Å². The lowest BCUT2D eigenvalue weighted by Crippen LogP contribution is -2.66. The Morgan fingerprint density at radius 3 is 1.35 bits per heavy atom. The molecule has 0 aromatic carbocycles. The van der Waals surface area contributed by atoms with Crippen LogP contribution in [0, 0.1) is 85.8 Å². The summed E-state index contributed by atoms with van der Waals surface area (Å²) in [5, 5.41) is 45.1. The monoisotopic (exact) mass is 1520 g/mol. The first kappa shape index (κ1) is 79.7. The third-order valence-electron chi connectivity index (χ3n) is 29.6. The molecule has 103 heavy (non-hydrogen) atoms. The van der Waals surface area contributed by atoms with Crippen molar-refractivity contribution in [3.8, 4) is 0 Å². The zero-order valence-electron chi connectivity index (χ0n) is 62.8. The quantitative estimate of drug-likeness (QED) is 0.0743. The van der Waals surface area contributed by atoms with Crippen molar-refractivity contribution < 1.29 is 68.1 Å². The van der Waals surface area contributed by atoms with Gasteiger partial charge in [0.2, 0.25) is 0 Å². The van der Waals surface area contributed by atoms with Gasteiger partial charge in [0.05, 0.1) is 59.4 Å². The molecule has 5 heterocycles. The topological polar surface area (TPSA) is 212 Å². The van der Waals surface area contributed by atoms with Gasteiger partial charge in [0.1, 0.15) is 107 Å². The van der Waals surface area contributed by atoms with Gasteiger partial charge in [0.15, 0.2) is 0 Å². The van der Waals surface area contributed by atoms with Crippen LogP contribution in [0.4, 0.5) is 0 Å². The molecule has 0 aromatic heterocycles. The van der Waals surface area contributed by atoms with E-state index in [0.29, 0.717) is 97.9 Å². The van der Waals surface area contributed by atoms with Crippen LogP contribution in [-0.2, 0) is 47.7 Å². The molecule has 0 unspecified atom stereocenters. The van der Waals surface area contributed by atoms with E-state index >= 15 is 0 Å². The molecular weight excluding hydrogens is 1410 g/mol. The van der Waals surface area contributed by atoms with Crippen molar-refractivity contribution in [2.24, 2.45) is 85.8 Å². The maximum Gasteiger partial charge on any atom is 0.141 e. The Hall–Kier alpha value is -4.35. The van der Waals surface area contributed by atoms with Crippen molar-refractivity contribution in [2.45, 2.75) is 275 Å². The Morgan fingerprint density at radius 2 is 0.903 bits per heavy atom. The van der Waals surface area contributed by atoms with E-state index in [1.807, 2.05) is 41.5 Å². The molecule has 0 bridgehead atoms. The van der Waals surface area contributed by atoms with Crippen molar-refractivity contribution in [3.05, 3.63) is 122 Å². The predicted molar refractivity (Wildman–Crippen MR) is 406 cm³/mol. The molecule has 15 rings (SSSR count). The lowest BCUT2D eigenvalue weighted by atomic mass is 9.55. The van der Waals surface area contributed by atoms with Crippen LogP contribution in [-0.4, -0.2) is 119 Å². The molecule has 15 aliphatic rings. The molecule has 10 aliphatic carbocycles. The predicted octanol–water partition coefficient (Wildman–Crippen LogP) is 17.2. The molecule has 0 spiro atoms. The Kier molecular flexibility index (Phi) is 23.1. The number of aliphatic hydroxyl groups is 4. The molecule has 24 atom stereocenters. The fourth-order valence-corrected chi connectivity index (χ4v) is 24.2. The van der Waals surface area contributed by atoms with Crippen LogP contribution in [0.5, 0.6) is 0 Å². The Bertz CT molecular complexity index is 3520. The molecule has 14 nitrogen and oxygen atoms in total. The van der Waals surface area contributed by atoms with Gasteiger partial charge in [-0.25, -0.2) is 0 Å². The molecule has 0 aromatic rings. The molecule has 17 heteroatoms. The molecule has 5 aliphatic heterocycles. The highest BCUT2D eigenvalue weighted by molar-refractivity contribution is 9.09. The number of allylic oxidation sites excluding steroid dienone is 6. The Labute approximate surface area is 632 Å². The van der Waals surface area contributed by atoms with Crippen LogP contribution in [0.25, 0.3) is 0 Å². The van der Waals surface area contributed by atoms with E-state index in [2.05, 4.69) is 123 Å². The second kappa shape index (κ2) is 29.9. The average molecular weight is 1530 g/mol. The van der Waals surface area contributed by atoms with Gasteiger partial charge < -0.3 is 44.1 Å². The van der Waals surface area contributed by atoms with E-state index < -0.39 is 68.5 Å². The molecule has 4 N–H and O–H groups in total. The molecule has 10 fully saturated rings. The first-order valence-electron chi connectivity index (χ1n) is 39.1. The van der Waals surface area contributed by atoms with E-state index in [9.17, 15) is 44.4 Å². The minimum Gasteiger partial charge on any atom is -0.490 e. The van der Waals surface area contributed by atoms with Gasteiger partial charge in [-0.2, -0.15) is 0 Å². The number of hydrogen-bond donors (Lipinski definition) is 4. The fourth-order valence-electron chi connectivity index (χ4n) is 23.3. The van der Waals surface area contributed by atoms with Crippen molar-refractivity contribution in [1.29, 1.82) is 0 Å². The Balaban J connectivity index is 0.000000129. The second-order valence-corrected chi connectivity index (χ2v) is 35.7. The van der Waals surface area contributed by atoms with E-state index in [0.717, 1.165) is 107 Å². The summed E-state index contributed by atoms with van der Waals surface area (Å²) in [4.78, 5) is 62.1. The lowest BCUT2D eigenvalue weighted by Gasteiger charge is -2.61. The van der Waals surface area contributed by atoms with Crippen LogP contribution in [0.3, 0.4) is 0 Å². The number of ketones is 5. The number of alkyl halides is 3. The summed E-state index contributed by atoms with van der Waals surface area (Å²) in [7, 11) is 0. The van der Waals surface area contributed by atoms with Gasteiger partial charge >= 0.3 is 0 Å². The highest BCUT2D eigenvalue weighted by atomic mass is 79.9. The van der Waals surface area contributed by atoms with Gasteiger partial charge in [-0.15, -0.1) is 23.2 Å². The minimum atomic E-state index is -0.623. The maximum atomic E-state index is 12.6. The zero-order chi connectivity index (χ0) is 74.9. The van der Waals surface area contributed by atoms with Crippen molar-refractivity contribution in [1.82, 2.24) is 0 Å². The molecular formula is C86H119BrCl2O14. The number of ether oxygens (including phenoxy) is 5. The number of hydrogen-bond acceptors (Lipinski definition) is 14. The average Bonchev–Trinajstić information content (AvgIpc) is 1.56. The summed E-state index contributed by atoms with van der Waals surface area (Å²) in [5.41, 5.74) is -5.60. The molecule has 0 radical (unpaired) electrons. The van der Waals surface area contributed by atoms with Gasteiger partial charge in [-0.05, 0) is 168 Å². The number of Topliss-reactive ketones (excluding diaryl/α,β-unsaturated/α-hetero) is 5. The van der Waals surface area contributed by atoms with Crippen LogP contribution in [0.15, 0.2) is 122 Å². The van der Waals surface area contributed by atoms with Crippen LogP contribution < -0.4 is 0 Å². The second-order valence-electron chi connectivity index (χ2n) is 34.2. The summed E-state index contributed by atoms with van der Waals surface area (Å²) in [6, 6.07) is 0. The Morgan fingerprint density at radius 1 is 0.485 bits per heavy atom. The third kappa shape index (κ3) is 11.9. The number of aliphatic hydroxyl groups excluding tert-OH is 4. The normalized spacial score (nSPS) is 44.2. The van der Waals surface area contributed by atoms with Gasteiger partial charge in [-0.1, -0.05) is 137 Å². The third-order valence-corrected chi connectivity index (χ3v) is 30.5. The van der Waals surface area contributed by atoms with Gasteiger partial charge in [0.25, 0.3) is 0 Å². The first-order valence-corrected chi connectivity index (χ1v) is 41.3. The number of carbonyl (C=O) groups is 5. The molecule has 5 saturated carbocycles. The SMILES string of the molecule is C=C1O[C@@]2(C)[C@@H](C)C(=O)C[C@@]12[C@@H](O)[C@@H]1C=CCCC1.C=C1O[C@@]2(C)[C@@H](CC)C(=O)C[C@@]12[C@@H](O)[C@]1(C)C=CCCC1.C=C1O[C@@]2(C)[C@@H](CCBr)C(=O)C[C@@]12[C@@H](O)[C@@H]1C=CCCC1.C=C1O[C@@]2(C)[C@@H](CCCl)C(=O)C[C@@]12C[C@@H]1C=CCCC1.C=C1O[C@@]2(CC)[C@@H](CCCl)C(=O)C[C@@]12[C@@H](O)[C@@H]1C=CCCC1. The highest BCUT2D eigenvalue weighted by Gasteiger charge is 2.80. The standard InChI is InChI=1S/C18H25ClO3.C18H26O3.C17H23BrO3.C17H23ClO2.C16H22O3/c1-3-18-14(9-10-19)15(20)11-17(18,12(2)22-18)16(21)13-7-5-4-6-8-13;1-5-13-14(19)11-18(12(2)21-17(13,18)4)15(20)16(3)9-7-6-8-10-16;1-11-17(15(20)12-6-4-3-5-7-12)10-14(19)13(8-9-18)16(17,2)21-11;1-12-17(10-13-6-4-3-5-7-13)11-15(19)14(8-9-18)16(17,2)20-12;1-10-13(17)9-16(11(2)19-15(10,16)3)14(18)12-7-5-4-6-8-12/h5,7,13-14,16,21H,2-4,6,8-11H2,1H3;7,9,13,15,20H,2,5-6,8,10-11H2,1,3-4H3;4,6,12-13,15,20H,1,3,5,7-10H2,2H3;4,6,13-14H,1,3,5,7-11H2,2H3;5,7,10,12,14,18H,2,4,6,8-9H2,1,3H3/t13-,14+,16+,17+,18+;13-,15-,16+,17-,18-;12-,13+,15+,16+,17+;13-,14+,16+,17+;10-,12+,14-,15-,16-/m10110/s1. The number of halogens is 3. The fraction of sp³-hybridized carbons (Fsp3) is 0.709. The first-order chi connectivity index (χ1) is 48.8. The van der Waals surface area contributed by atoms with Crippen LogP contribution in [0.2, 0.25) is 0 Å². The van der Waals surface area contributed by atoms with E-state index in [4.69, 9.17) is 46.9 Å². The van der Waals surface area contributed by atoms with Crippen LogP contribution in [0.1, 0.15) is 222 Å². The van der Waals surface area contributed by atoms with Crippen molar-refractivity contribution in [2.75, 3.05) is 17.1 Å². The van der Waals surface area contributed by atoms with E-state index in [1.165, 1.54) is 19.3 Å². The highest BCUT2D eigenvalue weighted by Crippen LogP contribution is 2.72. The molecule has 568 valence electrons. The number of fused-ring (bicyclic) bond motifs is 5. The number of rotatable bonds is 18. The van der Waals surface area contributed by atoms with Crippen LogP contribution >= 0.6 is 39.1 Å². The summed E-state index contributed by atoms with van der Waals surface area (Å²) in [6.45, 7) is 36.1. The van der Waals surface area contributed by atoms with Crippen molar-refractivity contribution in [3.63, 3.8) is 0 Å². The van der Waals surface area contributed by atoms with Gasteiger partial charge in [0, 0.05) is 72.4 Å². The largest absolute Gasteiger partial charge is 0.490 e. The molecule has 5 saturated heterocycles. The summed E-state index contributed by atoms with van der Waals surface area (Å²) in [6.07, 6.45) is 42.0. The molecule has 0 amide bonds. The van der Waals surface area contributed by atoms with E-state index in [-0.39, 0.29) is 86.9 Å². The van der Waals surface area contributed by atoms with Crippen molar-refractivity contribution >= 4 is 68.0 Å². The zero-order valence-corrected chi connectivity index (χ0v) is 65.9. The summed E-state index contributed by atoms with van der Waals surface area (Å²) < 4.78 is 29.4. The van der Waals surface area contributed by atoms with Gasteiger partial charge in [-0.3, -0.25) is 24.0 Å². The smallest absolute Gasteiger partial charge is 0.141 e. The lowest BCUT2D eigenvalue weighted by molar-refractivity contribution is -0.254. The number of carbonyl (C=O) groups excluding carboxylic acids is 5. The minimum absolute atomic E-state index is 0.0573.